The van der Waals surface area contributed by atoms with Crippen molar-refractivity contribution in [3.05, 3.63) is 46.7 Å². The molecule has 216 valence electrons. The Morgan fingerprint density at radius 3 is 2.55 bits per heavy atom. The molecule has 3 aliphatic heterocycles. The van der Waals surface area contributed by atoms with Gasteiger partial charge in [0.1, 0.15) is 22.5 Å². The van der Waals surface area contributed by atoms with Gasteiger partial charge in [-0.3, -0.25) is 0 Å². The predicted octanol–water partition coefficient (Wildman–Crippen LogP) is 3.58. The van der Waals surface area contributed by atoms with E-state index in [0.717, 1.165) is 16.9 Å². The number of aliphatic hydroxyl groups is 1. The van der Waals surface area contributed by atoms with Gasteiger partial charge in [0.25, 0.3) is 0 Å². The van der Waals surface area contributed by atoms with Crippen molar-refractivity contribution < 1.29 is 14.3 Å². The molecule has 42 heavy (non-hydrogen) atoms. The number of aromatic nitrogens is 4. The number of nitriles is 1. The van der Waals surface area contributed by atoms with E-state index in [1.54, 1.807) is 20.5 Å². The summed E-state index contributed by atoms with van der Waals surface area (Å²) in [5.74, 6) is 0.152. The van der Waals surface area contributed by atoms with Crippen molar-refractivity contribution in [1.82, 2.24) is 29.5 Å². The number of thiazole rings is 1. The first-order valence-electron chi connectivity index (χ1n) is 13.9. The summed E-state index contributed by atoms with van der Waals surface area (Å²) in [6, 6.07) is 12.0. The van der Waals surface area contributed by atoms with Crippen molar-refractivity contribution in [2.24, 2.45) is 5.41 Å². The highest BCUT2D eigenvalue weighted by atomic mass is 32.1. The van der Waals surface area contributed by atoms with Crippen LogP contribution < -0.4 is 9.80 Å². The number of urea groups is 1. The zero-order chi connectivity index (χ0) is 29.3. The summed E-state index contributed by atoms with van der Waals surface area (Å²) in [5, 5.41) is 25.2. The molecule has 7 rings (SSSR count). The third-order valence-electron chi connectivity index (χ3n) is 8.43. The number of pyridine rings is 1. The van der Waals surface area contributed by atoms with Crippen LogP contribution >= 0.6 is 11.3 Å². The molecule has 3 aromatic heterocycles. The Bertz CT molecular complexity index is 1740. The number of nitrogens with zero attached hydrogens (tertiary/aromatic N) is 9. The molecule has 3 saturated heterocycles. The SMILES string of the molecule is CCn1nc2nc(F)c(N3CC4(CN(C(=O)N5CC(O)C5)C4)C3)cc2c1N(C)c1nc(-c2ccc(C)cc2)c(C#N)s1. The van der Waals surface area contributed by atoms with Crippen LogP contribution in [0, 0.1) is 29.6 Å². The number of benzene rings is 1. The molecule has 4 aromatic rings. The normalized spacial score (nSPS) is 17.7. The minimum atomic E-state index is -0.572. The van der Waals surface area contributed by atoms with E-state index in [1.165, 1.54) is 11.3 Å². The minimum Gasteiger partial charge on any atom is -0.389 e. The van der Waals surface area contributed by atoms with Crippen LogP contribution in [0.2, 0.25) is 0 Å². The summed E-state index contributed by atoms with van der Waals surface area (Å²) >= 11 is 1.30. The Labute approximate surface area is 246 Å². The van der Waals surface area contributed by atoms with E-state index < -0.39 is 12.1 Å². The summed E-state index contributed by atoms with van der Waals surface area (Å²) in [4.78, 5) is 29.4. The topological polar surface area (TPSA) is 118 Å². The molecule has 0 atom stereocenters. The average molecular weight is 588 g/mol. The molecular weight excluding hydrogens is 557 g/mol. The van der Waals surface area contributed by atoms with E-state index in [-0.39, 0.29) is 11.4 Å². The van der Waals surface area contributed by atoms with Crippen LogP contribution in [0.25, 0.3) is 22.3 Å². The lowest BCUT2D eigenvalue weighted by atomic mass is 9.72. The molecule has 11 nitrogen and oxygen atoms in total. The summed E-state index contributed by atoms with van der Waals surface area (Å²) in [7, 11) is 1.88. The maximum absolute atomic E-state index is 15.3. The number of anilines is 3. The summed E-state index contributed by atoms with van der Waals surface area (Å²) < 4.78 is 17.1. The molecule has 0 aliphatic carbocycles. The van der Waals surface area contributed by atoms with Gasteiger partial charge in [0.15, 0.2) is 10.8 Å². The zero-order valence-electron chi connectivity index (χ0n) is 23.6. The Morgan fingerprint density at radius 2 is 1.90 bits per heavy atom. The van der Waals surface area contributed by atoms with Gasteiger partial charge in [-0.05, 0) is 19.9 Å². The van der Waals surface area contributed by atoms with Crippen molar-refractivity contribution in [2.45, 2.75) is 26.5 Å². The number of aliphatic hydroxyl groups excluding tert-OH is 1. The summed E-state index contributed by atoms with van der Waals surface area (Å²) in [5.41, 5.74) is 3.30. The number of amides is 2. The van der Waals surface area contributed by atoms with E-state index in [4.69, 9.17) is 4.98 Å². The molecule has 0 radical (unpaired) electrons. The van der Waals surface area contributed by atoms with Crippen LogP contribution in [0.15, 0.2) is 30.3 Å². The molecule has 0 saturated carbocycles. The van der Waals surface area contributed by atoms with Gasteiger partial charge in [0.2, 0.25) is 5.95 Å². The van der Waals surface area contributed by atoms with Gasteiger partial charge in [0.05, 0.1) is 30.3 Å². The Balaban J connectivity index is 1.15. The highest BCUT2D eigenvalue weighted by Crippen LogP contribution is 2.44. The molecule has 0 bridgehead atoms. The minimum absolute atomic E-state index is 0.0365. The number of fused-ring (bicyclic) bond motifs is 1. The van der Waals surface area contributed by atoms with Crippen LogP contribution in [0.4, 0.5) is 25.8 Å². The van der Waals surface area contributed by atoms with E-state index in [1.807, 2.05) is 55.0 Å². The Hall–Kier alpha value is -4.28. The van der Waals surface area contributed by atoms with Crippen molar-refractivity contribution >= 4 is 45.0 Å². The highest BCUT2D eigenvalue weighted by Gasteiger charge is 2.55. The third kappa shape index (κ3) is 4.16. The predicted molar refractivity (Wildman–Crippen MR) is 157 cm³/mol. The van der Waals surface area contributed by atoms with Gasteiger partial charge in [-0.25, -0.2) is 14.5 Å². The number of carbonyl (C=O) groups excluding carboxylic acids is 1. The lowest BCUT2D eigenvalue weighted by molar-refractivity contribution is -0.0330. The molecule has 1 N–H and O–H groups in total. The molecule has 13 heteroatoms. The third-order valence-corrected chi connectivity index (χ3v) is 9.47. The molecule has 0 unspecified atom stereocenters. The Kier molecular flexibility index (Phi) is 6.11. The number of halogens is 1. The summed E-state index contributed by atoms with van der Waals surface area (Å²) in [6.45, 7) is 7.82. The second-order valence-corrected chi connectivity index (χ2v) is 12.6. The van der Waals surface area contributed by atoms with Crippen molar-refractivity contribution in [2.75, 3.05) is 56.1 Å². The fraction of sp³-hybridized carbons (Fsp3) is 0.414. The van der Waals surface area contributed by atoms with Crippen molar-refractivity contribution in [3.8, 4) is 17.3 Å². The van der Waals surface area contributed by atoms with Crippen molar-refractivity contribution in [3.63, 3.8) is 0 Å². The molecule has 3 fully saturated rings. The monoisotopic (exact) mass is 587 g/mol. The van der Waals surface area contributed by atoms with Gasteiger partial charge in [-0.1, -0.05) is 41.2 Å². The standard InChI is InChI=1S/C29H30FN9O2S/c1-4-39-26(35(3)27-32-23(22(10-31)42-27)18-7-5-17(2)6-8-18)20-9-21(24(30)33-25(20)34-39)37-13-29(14-37)15-38(16-29)28(41)36-11-19(40)12-36/h5-9,19,40H,4,11-16H2,1-3H3. The second kappa shape index (κ2) is 9.64. The van der Waals surface area contributed by atoms with Gasteiger partial charge in [-0.2, -0.15) is 19.7 Å². The number of aryl methyl sites for hydroxylation is 2. The second-order valence-electron chi connectivity index (χ2n) is 11.6. The van der Waals surface area contributed by atoms with Crippen LogP contribution in [-0.4, -0.2) is 93.1 Å². The smallest absolute Gasteiger partial charge is 0.320 e. The molecule has 3 aliphatic rings. The quantitative estimate of drug-likeness (QED) is 0.352. The highest BCUT2D eigenvalue weighted by molar-refractivity contribution is 7.16. The first kappa shape index (κ1) is 26.6. The number of β-amino-alcohol motifs (C(OH)–C–C–N with tert-alkyl or cyclic N) is 1. The van der Waals surface area contributed by atoms with Gasteiger partial charge < -0.3 is 24.7 Å². The number of carbonyl (C=O) groups is 1. The van der Waals surface area contributed by atoms with Crippen LogP contribution in [0.1, 0.15) is 17.4 Å². The molecular formula is C29H30FN9O2S. The van der Waals surface area contributed by atoms with Crippen LogP contribution in [0.3, 0.4) is 0 Å². The van der Waals surface area contributed by atoms with E-state index >= 15 is 4.39 Å². The lowest BCUT2D eigenvalue weighted by Gasteiger charge is -2.61. The molecule has 6 heterocycles. The van der Waals surface area contributed by atoms with E-state index in [0.29, 0.717) is 78.2 Å². The average Bonchev–Trinajstić information content (AvgIpc) is 3.51. The van der Waals surface area contributed by atoms with E-state index in [2.05, 4.69) is 16.2 Å². The zero-order valence-corrected chi connectivity index (χ0v) is 24.4. The number of rotatable bonds is 5. The largest absolute Gasteiger partial charge is 0.389 e. The fourth-order valence-electron chi connectivity index (χ4n) is 6.18. The Morgan fingerprint density at radius 1 is 1.19 bits per heavy atom. The fourth-order valence-corrected chi connectivity index (χ4v) is 7.03. The molecule has 1 spiro atoms. The maximum atomic E-state index is 15.3. The van der Waals surface area contributed by atoms with Gasteiger partial charge in [0, 0.05) is 50.7 Å². The maximum Gasteiger partial charge on any atom is 0.320 e. The first-order chi connectivity index (χ1) is 20.2. The van der Waals surface area contributed by atoms with Gasteiger partial charge in [-0.15, -0.1) is 0 Å². The first-order valence-corrected chi connectivity index (χ1v) is 14.8. The van der Waals surface area contributed by atoms with Crippen LogP contribution in [-0.2, 0) is 6.54 Å². The van der Waals surface area contributed by atoms with Gasteiger partial charge >= 0.3 is 6.03 Å². The molecule has 2 amide bonds. The van der Waals surface area contributed by atoms with Crippen LogP contribution in [0.5, 0.6) is 0 Å². The number of likely N-dealkylation sites (tertiary alicyclic amines) is 2. The summed E-state index contributed by atoms with van der Waals surface area (Å²) in [6.07, 6.45) is -0.422. The van der Waals surface area contributed by atoms with Crippen molar-refractivity contribution in [1.29, 1.82) is 5.26 Å². The lowest BCUT2D eigenvalue weighted by Crippen LogP contribution is -2.75. The number of hydrogen-bond acceptors (Lipinski definition) is 9. The molecule has 1 aromatic carbocycles. The van der Waals surface area contributed by atoms with E-state index in [9.17, 15) is 15.2 Å². The number of hydrogen-bond donors (Lipinski definition) is 1.